The van der Waals surface area contributed by atoms with Crippen molar-refractivity contribution in [2.45, 2.75) is 69.4 Å². The molecule has 0 amide bonds. The van der Waals surface area contributed by atoms with E-state index in [9.17, 15) is 31.5 Å². The average Bonchev–Trinajstić information content (AvgIpc) is 2.71. The van der Waals surface area contributed by atoms with Gasteiger partial charge in [-0.1, -0.05) is 12.1 Å². The number of sulfonamides is 1. The molecule has 2 aromatic carbocycles. The fourth-order valence-electron chi connectivity index (χ4n) is 3.70. The van der Waals surface area contributed by atoms with Gasteiger partial charge in [0.25, 0.3) is 10.0 Å². The van der Waals surface area contributed by atoms with Crippen LogP contribution in [0.25, 0.3) is 0 Å². The first-order valence-corrected chi connectivity index (χ1v) is 12.4. The maximum absolute atomic E-state index is 13.5. The molecule has 2 unspecified atom stereocenters. The maximum Gasteiger partial charge on any atom is 0.416 e. The topological polar surface area (TPSA) is 93.1 Å². The van der Waals surface area contributed by atoms with Crippen LogP contribution >= 0.6 is 0 Å². The minimum absolute atomic E-state index is 0.0883. The van der Waals surface area contributed by atoms with Gasteiger partial charge in [0.15, 0.2) is 0 Å². The predicted octanol–water partition coefficient (Wildman–Crippen LogP) is 4.32. The summed E-state index contributed by atoms with van der Waals surface area (Å²) in [6, 6.07) is 8.03. The monoisotopic (exact) mass is 515 g/mol. The standard InChI is InChI=1S/C24H28F3NO6S/c1-15(29)10-18-14-28(35(31,32)19-7-5-6-17(13-19)24(25,26)27)20-11-16(8-9-21(20)33-18)12-22(30)34-23(2,3)4/h5-9,11,13,15,18,29H,10,12,14H2,1-4H3. The summed E-state index contributed by atoms with van der Waals surface area (Å²) in [5.41, 5.74) is -1.27. The van der Waals surface area contributed by atoms with Crippen LogP contribution in [0.15, 0.2) is 47.4 Å². The highest BCUT2D eigenvalue weighted by molar-refractivity contribution is 7.92. The van der Waals surface area contributed by atoms with Crippen LogP contribution in [0.1, 0.15) is 45.2 Å². The molecular weight excluding hydrogens is 487 g/mol. The first-order valence-electron chi connectivity index (χ1n) is 11.0. The van der Waals surface area contributed by atoms with Crippen molar-refractivity contribution in [1.82, 2.24) is 0 Å². The van der Waals surface area contributed by atoms with Gasteiger partial charge < -0.3 is 14.6 Å². The lowest BCUT2D eigenvalue weighted by Crippen LogP contribution is -2.44. The molecule has 0 saturated carbocycles. The maximum atomic E-state index is 13.5. The van der Waals surface area contributed by atoms with Crippen LogP contribution in [0.3, 0.4) is 0 Å². The predicted molar refractivity (Wildman–Crippen MR) is 123 cm³/mol. The molecule has 0 saturated heterocycles. The number of halogens is 3. The second-order valence-corrected chi connectivity index (χ2v) is 11.3. The number of nitrogens with zero attached hydrogens (tertiary/aromatic N) is 1. The zero-order valence-electron chi connectivity index (χ0n) is 19.8. The van der Waals surface area contributed by atoms with E-state index in [2.05, 4.69) is 0 Å². The molecule has 1 heterocycles. The first kappa shape index (κ1) is 26.8. The fourth-order valence-corrected chi connectivity index (χ4v) is 5.25. The summed E-state index contributed by atoms with van der Waals surface area (Å²) in [4.78, 5) is 11.7. The molecule has 0 fully saturated rings. The lowest BCUT2D eigenvalue weighted by molar-refractivity contribution is -0.153. The number of fused-ring (bicyclic) bond motifs is 1. The molecule has 11 heteroatoms. The van der Waals surface area contributed by atoms with E-state index in [1.54, 1.807) is 26.8 Å². The summed E-state index contributed by atoms with van der Waals surface area (Å²) in [5, 5.41) is 9.80. The van der Waals surface area contributed by atoms with Crippen molar-refractivity contribution >= 4 is 21.7 Å². The van der Waals surface area contributed by atoms with E-state index >= 15 is 0 Å². The van der Waals surface area contributed by atoms with Crippen LogP contribution in [-0.4, -0.2) is 43.8 Å². The highest BCUT2D eigenvalue weighted by atomic mass is 32.2. The molecule has 0 aromatic heterocycles. The molecule has 192 valence electrons. The summed E-state index contributed by atoms with van der Waals surface area (Å²) in [5.74, 6) is -0.348. The van der Waals surface area contributed by atoms with Gasteiger partial charge in [0.1, 0.15) is 17.5 Å². The molecule has 0 spiro atoms. The van der Waals surface area contributed by atoms with Gasteiger partial charge in [0, 0.05) is 6.42 Å². The van der Waals surface area contributed by atoms with Crippen molar-refractivity contribution in [2.75, 3.05) is 10.8 Å². The smallest absolute Gasteiger partial charge is 0.416 e. The number of carbonyl (C=O) groups is 1. The third-order valence-corrected chi connectivity index (χ3v) is 6.85. The number of carbonyl (C=O) groups excluding carboxylic acids is 1. The Morgan fingerprint density at radius 3 is 2.49 bits per heavy atom. The van der Waals surface area contributed by atoms with Gasteiger partial charge in [0.05, 0.1) is 35.2 Å². The lowest BCUT2D eigenvalue weighted by Gasteiger charge is -2.36. The van der Waals surface area contributed by atoms with E-state index in [-0.39, 0.29) is 30.8 Å². The van der Waals surface area contributed by atoms with Gasteiger partial charge in [-0.2, -0.15) is 13.2 Å². The van der Waals surface area contributed by atoms with Gasteiger partial charge in [-0.05, 0) is 63.6 Å². The van der Waals surface area contributed by atoms with Crippen LogP contribution in [-0.2, 0) is 32.2 Å². The summed E-state index contributed by atoms with van der Waals surface area (Å²) in [6.07, 6.45) is -6.29. The normalized spacial score (nSPS) is 17.4. The number of alkyl halides is 3. The number of esters is 1. The van der Waals surface area contributed by atoms with Gasteiger partial charge in [0.2, 0.25) is 0 Å². The van der Waals surface area contributed by atoms with Crippen LogP contribution in [0.2, 0.25) is 0 Å². The SMILES string of the molecule is CC(O)CC1CN(S(=O)(=O)c2cccc(C(F)(F)F)c2)c2cc(CC(=O)OC(C)(C)C)ccc2O1. The number of hydrogen-bond donors (Lipinski definition) is 1. The Morgan fingerprint density at radius 1 is 1.20 bits per heavy atom. The molecular formula is C24H28F3NO6S. The van der Waals surface area contributed by atoms with Crippen molar-refractivity contribution in [3.8, 4) is 5.75 Å². The zero-order chi connectivity index (χ0) is 26.2. The molecule has 0 radical (unpaired) electrons. The number of aliphatic hydroxyl groups is 1. The van der Waals surface area contributed by atoms with Crippen molar-refractivity contribution in [2.24, 2.45) is 0 Å². The number of anilines is 1. The Kier molecular flexibility index (Phi) is 7.42. The van der Waals surface area contributed by atoms with Gasteiger partial charge in [-0.15, -0.1) is 0 Å². The Morgan fingerprint density at radius 2 is 1.89 bits per heavy atom. The van der Waals surface area contributed by atoms with Gasteiger partial charge in [-0.25, -0.2) is 8.42 Å². The highest BCUT2D eigenvalue weighted by Gasteiger charge is 2.37. The minimum atomic E-state index is -4.72. The summed E-state index contributed by atoms with van der Waals surface area (Å²) < 4.78 is 78.9. The van der Waals surface area contributed by atoms with Crippen LogP contribution in [0, 0.1) is 0 Å². The van der Waals surface area contributed by atoms with E-state index in [1.165, 1.54) is 19.1 Å². The van der Waals surface area contributed by atoms with Crippen molar-refractivity contribution in [3.63, 3.8) is 0 Å². The van der Waals surface area contributed by atoms with E-state index in [1.807, 2.05) is 0 Å². The van der Waals surface area contributed by atoms with Gasteiger partial charge in [-0.3, -0.25) is 9.10 Å². The van der Waals surface area contributed by atoms with E-state index in [4.69, 9.17) is 9.47 Å². The second-order valence-electron chi connectivity index (χ2n) is 9.45. The molecule has 0 aliphatic carbocycles. The molecule has 2 atom stereocenters. The summed E-state index contributed by atoms with van der Waals surface area (Å²) in [7, 11) is -4.45. The van der Waals surface area contributed by atoms with Crippen LogP contribution in [0.4, 0.5) is 18.9 Å². The molecule has 2 aromatic rings. The highest BCUT2D eigenvalue weighted by Crippen LogP contribution is 2.39. The molecule has 35 heavy (non-hydrogen) atoms. The van der Waals surface area contributed by atoms with Crippen molar-refractivity contribution in [3.05, 3.63) is 53.6 Å². The van der Waals surface area contributed by atoms with E-state index in [0.717, 1.165) is 22.5 Å². The zero-order valence-corrected chi connectivity index (χ0v) is 20.6. The lowest BCUT2D eigenvalue weighted by atomic mass is 10.1. The Hall–Kier alpha value is -2.79. The Labute approximate surface area is 202 Å². The number of rotatable bonds is 6. The molecule has 3 rings (SSSR count). The molecule has 1 N–H and O–H groups in total. The van der Waals surface area contributed by atoms with E-state index < -0.39 is 50.4 Å². The van der Waals surface area contributed by atoms with Crippen molar-refractivity contribution in [1.29, 1.82) is 0 Å². The van der Waals surface area contributed by atoms with Crippen LogP contribution < -0.4 is 9.04 Å². The first-order chi connectivity index (χ1) is 16.1. The van der Waals surface area contributed by atoms with Gasteiger partial charge >= 0.3 is 12.1 Å². The Bertz CT molecular complexity index is 1190. The summed E-state index contributed by atoms with van der Waals surface area (Å²) >= 11 is 0. The number of hydrogen-bond acceptors (Lipinski definition) is 6. The quantitative estimate of drug-likeness (QED) is 0.576. The third kappa shape index (κ3) is 6.66. The molecule has 0 bridgehead atoms. The van der Waals surface area contributed by atoms with Crippen LogP contribution in [0.5, 0.6) is 5.75 Å². The third-order valence-electron chi connectivity index (χ3n) is 5.08. The van der Waals surface area contributed by atoms with Crippen molar-refractivity contribution < 1.29 is 41.0 Å². The number of aliphatic hydroxyl groups excluding tert-OH is 1. The molecule has 7 nitrogen and oxygen atoms in total. The summed E-state index contributed by atoms with van der Waals surface area (Å²) in [6.45, 7) is 6.45. The minimum Gasteiger partial charge on any atom is -0.486 e. The van der Waals surface area contributed by atoms with E-state index in [0.29, 0.717) is 11.6 Å². The number of benzene rings is 2. The Balaban J connectivity index is 2.04. The molecule has 1 aliphatic heterocycles. The fraction of sp³-hybridized carbons (Fsp3) is 0.458. The number of ether oxygens (including phenoxy) is 2. The molecule has 1 aliphatic rings. The average molecular weight is 516 g/mol. The second kappa shape index (κ2) is 9.69. The largest absolute Gasteiger partial charge is 0.486 e.